The quantitative estimate of drug-likeness (QED) is 0.623. The zero-order chi connectivity index (χ0) is 13.4. The largest absolute Gasteiger partial charge is 0.393 e. The number of benzene rings is 1. The fraction of sp³-hybridized carbons (Fsp3) is 0.500. The number of halogens is 1. The molecular weight excluding hydrogens is 264 g/mol. The summed E-state index contributed by atoms with van der Waals surface area (Å²) >= 11 is 0. The van der Waals surface area contributed by atoms with Gasteiger partial charge in [0, 0.05) is 12.1 Å². The summed E-state index contributed by atoms with van der Waals surface area (Å²) in [6, 6.07) is 9.68. The van der Waals surface area contributed by atoms with Crippen molar-refractivity contribution in [2.24, 2.45) is 5.16 Å². The smallest absolute Gasteiger partial charge is 0.144 e. The summed E-state index contributed by atoms with van der Waals surface area (Å²) in [7, 11) is 0. The summed E-state index contributed by atoms with van der Waals surface area (Å²) in [4.78, 5) is 5.04. The topological polar surface area (TPSA) is 53.8 Å². The van der Waals surface area contributed by atoms with E-state index in [0.717, 1.165) is 5.56 Å². The van der Waals surface area contributed by atoms with Gasteiger partial charge in [-0.15, -0.1) is 12.4 Å². The summed E-state index contributed by atoms with van der Waals surface area (Å²) in [5.41, 5.74) is 0.966. The van der Waals surface area contributed by atoms with Crippen LogP contribution in [0.1, 0.15) is 26.3 Å². The maximum absolute atomic E-state index is 9.65. The zero-order valence-electron chi connectivity index (χ0n) is 11.7. The number of β-amino-alcohol motifs (C(OH)–C–C–N with tert-alkyl or cyclic N) is 1. The molecular formula is C14H23ClN2O2. The molecule has 0 fully saturated rings. The van der Waals surface area contributed by atoms with Crippen molar-refractivity contribution in [2.75, 3.05) is 13.2 Å². The highest BCUT2D eigenvalue weighted by Gasteiger charge is 2.12. The minimum Gasteiger partial charge on any atom is -0.393 e. The van der Waals surface area contributed by atoms with Gasteiger partial charge in [0.15, 0.2) is 0 Å². The van der Waals surface area contributed by atoms with Crippen LogP contribution in [0.15, 0.2) is 35.5 Å². The highest BCUT2D eigenvalue weighted by atomic mass is 35.5. The first kappa shape index (κ1) is 17.9. The van der Waals surface area contributed by atoms with Crippen molar-refractivity contribution in [1.29, 1.82) is 0 Å². The molecule has 4 nitrogen and oxygen atoms in total. The third kappa shape index (κ3) is 9.47. The van der Waals surface area contributed by atoms with Crippen LogP contribution < -0.4 is 5.32 Å². The predicted octanol–water partition coefficient (Wildman–Crippen LogP) is 2.21. The number of nitrogens with one attached hydrogen (secondary N) is 1. The van der Waals surface area contributed by atoms with Gasteiger partial charge in [0.05, 0.1) is 6.21 Å². The van der Waals surface area contributed by atoms with Crippen LogP contribution in [0.2, 0.25) is 0 Å². The minimum atomic E-state index is -0.558. The Morgan fingerprint density at radius 3 is 2.53 bits per heavy atom. The molecule has 0 bridgehead atoms. The lowest BCUT2D eigenvalue weighted by molar-refractivity contribution is 0.0379. The molecule has 0 radical (unpaired) electrons. The van der Waals surface area contributed by atoms with Gasteiger partial charge < -0.3 is 15.3 Å². The molecule has 1 rings (SSSR count). The van der Waals surface area contributed by atoms with Crippen molar-refractivity contribution >= 4 is 18.6 Å². The Bertz CT molecular complexity index is 363. The number of hydrogen-bond acceptors (Lipinski definition) is 4. The Labute approximate surface area is 121 Å². The third-order valence-electron chi connectivity index (χ3n) is 2.21. The zero-order valence-corrected chi connectivity index (χ0v) is 12.5. The number of hydrogen-bond donors (Lipinski definition) is 2. The molecule has 0 saturated heterocycles. The standard InChI is InChI=1S/C14H22N2O2.ClH/c1-14(2,3)15-10-13(17)11-18-16-9-12-7-5-4-6-8-12;/h4-9,13,15,17H,10-11H2,1-3H3;1H/b16-9+;. The Kier molecular flexibility index (Phi) is 8.39. The molecule has 108 valence electrons. The SMILES string of the molecule is CC(C)(C)NCC(O)CO/N=C/c1ccccc1.Cl. The van der Waals surface area contributed by atoms with Crippen LogP contribution in [-0.2, 0) is 4.84 Å². The van der Waals surface area contributed by atoms with Gasteiger partial charge in [-0.05, 0) is 26.3 Å². The van der Waals surface area contributed by atoms with Crippen molar-refractivity contribution < 1.29 is 9.94 Å². The first-order valence-corrected chi connectivity index (χ1v) is 6.11. The summed E-state index contributed by atoms with van der Waals surface area (Å²) in [5, 5.41) is 16.7. The van der Waals surface area contributed by atoms with Crippen LogP contribution in [0.25, 0.3) is 0 Å². The van der Waals surface area contributed by atoms with Crippen LogP contribution in [0.5, 0.6) is 0 Å². The Balaban J connectivity index is 0.00000324. The maximum atomic E-state index is 9.65. The predicted molar refractivity (Wildman–Crippen MR) is 81.0 cm³/mol. The van der Waals surface area contributed by atoms with Crippen LogP contribution >= 0.6 is 12.4 Å². The molecule has 0 heterocycles. The van der Waals surface area contributed by atoms with Crippen molar-refractivity contribution in [3.8, 4) is 0 Å². The molecule has 1 aromatic carbocycles. The van der Waals surface area contributed by atoms with Crippen molar-refractivity contribution in [3.63, 3.8) is 0 Å². The molecule has 1 unspecified atom stereocenters. The van der Waals surface area contributed by atoms with Gasteiger partial charge in [-0.1, -0.05) is 35.5 Å². The number of rotatable bonds is 6. The monoisotopic (exact) mass is 286 g/mol. The Morgan fingerprint density at radius 1 is 1.32 bits per heavy atom. The van der Waals surface area contributed by atoms with E-state index in [0.29, 0.717) is 6.54 Å². The summed E-state index contributed by atoms with van der Waals surface area (Å²) in [6.07, 6.45) is 1.07. The maximum Gasteiger partial charge on any atom is 0.144 e. The van der Waals surface area contributed by atoms with Gasteiger partial charge >= 0.3 is 0 Å². The van der Waals surface area contributed by atoms with Crippen molar-refractivity contribution in [3.05, 3.63) is 35.9 Å². The average Bonchev–Trinajstić information content (AvgIpc) is 2.33. The second-order valence-electron chi connectivity index (χ2n) is 5.23. The first-order valence-electron chi connectivity index (χ1n) is 6.11. The molecule has 0 aliphatic heterocycles. The van der Waals surface area contributed by atoms with E-state index in [1.165, 1.54) is 0 Å². The summed E-state index contributed by atoms with van der Waals surface area (Å²) in [5.74, 6) is 0. The fourth-order valence-corrected chi connectivity index (χ4v) is 1.25. The molecule has 5 heteroatoms. The lowest BCUT2D eigenvalue weighted by Gasteiger charge is -2.22. The van der Waals surface area contributed by atoms with Gasteiger partial charge in [-0.2, -0.15) is 0 Å². The van der Waals surface area contributed by atoms with E-state index in [-0.39, 0.29) is 24.6 Å². The third-order valence-corrected chi connectivity index (χ3v) is 2.21. The Morgan fingerprint density at radius 2 is 1.95 bits per heavy atom. The first-order chi connectivity index (χ1) is 8.47. The second kappa shape index (κ2) is 8.91. The number of aliphatic hydroxyl groups is 1. The molecule has 0 saturated carbocycles. The lowest BCUT2D eigenvalue weighted by Crippen LogP contribution is -2.42. The van der Waals surface area contributed by atoms with Gasteiger partial charge in [0.1, 0.15) is 12.7 Å². The van der Waals surface area contributed by atoms with E-state index in [1.54, 1.807) is 6.21 Å². The van der Waals surface area contributed by atoms with E-state index < -0.39 is 6.10 Å². The molecule has 0 spiro atoms. The number of aliphatic hydroxyl groups excluding tert-OH is 1. The van der Waals surface area contributed by atoms with Gasteiger partial charge in [0.25, 0.3) is 0 Å². The molecule has 1 atom stereocenters. The molecule has 0 aliphatic carbocycles. The highest BCUT2D eigenvalue weighted by molar-refractivity contribution is 5.85. The van der Waals surface area contributed by atoms with Gasteiger partial charge in [0.2, 0.25) is 0 Å². The second-order valence-corrected chi connectivity index (χ2v) is 5.23. The number of nitrogens with zero attached hydrogens (tertiary/aromatic N) is 1. The van der Waals surface area contributed by atoms with E-state index in [1.807, 2.05) is 51.1 Å². The van der Waals surface area contributed by atoms with Crippen LogP contribution in [-0.4, -0.2) is 36.1 Å². The van der Waals surface area contributed by atoms with E-state index >= 15 is 0 Å². The molecule has 19 heavy (non-hydrogen) atoms. The molecule has 2 N–H and O–H groups in total. The van der Waals surface area contributed by atoms with Gasteiger partial charge in [-0.25, -0.2) is 0 Å². The normalized spacial score (nSPS) is 13.1. The van der Waals surface area contributed by atoms with E-state index in [9.17, 15) is 5.11 Å². The van der Waals surface area contributed by atoms with Crippen molar-refractivity contribution in [1.82, 2.24) is 5.32 Å². The molecule has 1 aromatic rings. The molecule has 0 amide bonds. The fourth-order valence-electron chi connectivity index (χ4n) is 1.25. The molecule has 0 aliphatic rings. The van der Waals surface area contributed by atoms with E-state index in [2.05, 4.69) is 10.5 Å². The summed E-state index contributed by atoms with van der Waals surface area (Å²) in [6.45, 7) is 6.83. The summed E-state index contributed by atoms with van der Waals surface area (Å²) < 4.78 is 0. The van der Waals surface area contributed by atoms with Crippen LogP contribution in [0, 0.1) is 0 Å². The van der Waals surface area contributed by atoms with Gasteiger partial charge in [-0.3, -0.25) is 0 Å². The average molecular weight is 287 g/mol. The number of oxime groups is 1. The highest BCUT2D eigenvalue weighted by Crippen LogP contribution is 1.99. The molecule has 0 aromatic heterocycles. The lowest BCUT2D eigenvalue weighted by atomic mass is 10.1. The van der Waals surface area contributed by atoms with E-state index in [4.69, 9.17) is 4.84 Å². The van der Waals surface area contributed by atoms with Crippen LogP contribution in [0.3, 0.4) is 0 Å². The van der Waals surface area contributed by atoms with Crippen molar-refractivity contribution in [2.45, 2.75) is 32.4 Å². The Hall–Kier alpha value is -1.10. The van der Waals surface area contributed by atoms with Crippen LogP contribution in [0.4, 0.5) is 0 Å². The minimum absolute atomic E-state index is 0.